The Balaban J connectivity index is 0.807. The van der Waals surface area contributed by atoms with E-state index in [1.165, 1.54) is 12.1 Å². The van der Waals surface area contributed by atoms with Gasteiger partial charge in [-0.2, -0.15) is 5.26 Å². The number of carbonyl (C=O) groups is 5. The fourth-order valence-electron chi connectivity index (χ4n) is 9.17. The summed E-state index contributed by atoms with van der Waals surface area (Å²) in [5, 5.41) is 14.3. The highest BCUT2D eigenvalue weighted by molar-refractivity contribution is 6.32. The van der Waals surface area contributed by atoms with E-state index in [0.717, 1.165) is 61.8 Å². The largest absolute Gasteiger partial charge is 0.371 e. The number of nitriles is 1. The van der Waals surface area contributed by atoms with Crippen molar-refractivity contribution in [3.05, 3.63) is 81.9 Å². The molecule has 60 heavy (non-hydrogen) atoms. The number of amides is 6. The van der Waals surface area contributed by atoms with E-state index in [0.29, 0.717) is 48.4 Å². The minimum Gasteiger partial charge on any atom is -0.371 e. The number of imide groups is 2. The lowest BCUT2D eigenvalue weighted by atomic mass is 9.95. The van der Waals surface area contributed by atoms with Crippen LogP contribution in [-0.4, -0.2) is 121 Å². The second-order valence-electron chi connectivity index (χ2n) is 16.4. The number of fused-ring (bicyclic) bond motifs is 1. The van der Waals surface area contributed by atoms with Gasteiger partial charge in [0.1, 0.15) is 17.8 Å². The molecular weight excluding hydrogens is 796 g/mol. The normalized spacial score (nSPS) is 22.9. The zero-order valence-corrected chi connectivity index (χ0v) is 34.2. The van der Waals surface area contributed by atoms with E-state index >= 15 is 8.78 Å². The molecule has 0 unspecified atom stereocenters. The molecule has 4 saturated heterocycles. The molecule has 3 atom stereocenters. The van der Waals surface area contributed by atoms with Crippen LogP contribution in [0.25, 0.3) is 0 Å². The molecule has 0 spiro atoms. The number of halogens is 3. The molecule has 4 fully saturated rings. The Morgan fingerprint density at radius 1 is 0.817 bits per heavy atom. The molecule has 0 bridgehead atoms. The van der Waals surface area contributed by atoms with Crippen LogP contribution >= 0.6 is 11.6 Å². The van der Waals surface area contributed by atoms with Gasteiger partial charge in [-0.25, -0.2) is 13.6 Å². The lowest BCUT2D eigenvalue weighted by molar-refractivity contribution is -0.136. The molecule has 3 aromatic rings. The first-order chi connectivity index (χ1) is 28.8. The van der Waals surface area contributed by atoms with Crippen LogP contribution in [0.4, 0.5) is 36.3 Å². The summed E-state index contributed by atoms with van der Waals surface area (Å²) in [6.07, 6.45) is 1.87. The first-order valence-electron chi connectivity index (χ1n) is 20.4. The number of anilines is 4. The summed E-state index contributed by atoms with van der Waals surface area (Å²) in [7, 11) is 0. The zero-order chi connectivity index (χ0) is 42.4. The number of nitrogens with zero attached hydrogens (tertiary/aromatic N) is 7. The first-order valence-corrected chi connectivity index (χ1v) is 20.8. The zero-order valence-electron chi connectivity index (χ0n) is 33.4. The van der Waals surface area contributed by atoms with Crippen LogP contribution in [0.1, 0.15) is 65.8 Å². The third-order valence-corrected chi connectivity index (χ3v) is 12.9. The second-order valence-corrected chi connectivity index (χ2v) is 16.8. The van der Waals surface area contributed by atoms with E-state index < -0.39 is 53.0 Å². The van der Waals surface area contributed by atoms with E-state index in [2.05, 4.69) is 31.4 Å². The van der Waals surface area contributed by atoms with E-state index in [1.54, 1.807) is 29.2 Å². The van der Waals surface area contributed by atoms with Gasteiger partial charge in [0.15, 0.2) is 11.6 Å². The van der Waals surface area contributed by atoms with Gasteiger partial charge in [-0.05, 0) is 87.6 Å². The molecule has 5 aliphatic rings. The highest BCUT2D eigenvalue weighted by Crippen LogP contribution is 2.34. The van der Waals surface area contributed by atoms with Gasteiger partial charge in [-0.3, -0.25) is 34.3 Å². The molecule has 5 aliphatic heterocycles. The fourth-order valence-corrected chi connectivity index (χ4v) is 9.38. The number of benzene rings is 3. The maximum atomic E-state index is 15.5. The van der Waals surface area contributed by atoms with Crippen molar-refractivity contribution in [2.45, 2.75) is 57.7 Å². The molecule has 314 valence electrons. The average Bonchev–Trinajstić information content (AvgIpc) is 3.48. The maximum absolute atomic E-state index is 15.5. The molecule has 0 aliphatic carbocycles. The van der Waals surface area contributed by atoms with Gasteiger partial charge in [0.05, 0.1) is 21.7 Å². The highest BCUT2D eigenvalue weighted by Gasteiger charge is 2.45. The van der Waals surface area contributed by atoms with E-state index in [4.69, 9.17) is 11.6 Å². The van der Waals surface area contributed by atoms with Crippen molar-refractivity contribution in [2.24, 2.45) is 5.92 Å². The number of carbonyl (C=O) groups excluding carboxylic acids is 5. The molecule has 17 heteroatoms. The monoisotopic (exact) mass is 841 g/mol. The minimum absolute atomic E-state index is 0.0650. The summed E-state index contributed by atoms with van der Waals surface area (Å²) < 4.78 is 31.0. The van der Waals surface area contributed by atoms with Crippen molar-refractivity contribution in [2.75, 3.05) is 78.9 Å². The lowest BCUT2D eigenvalue weighted by Crippen LogP contribution is -2.59. The summed E-state index contributed by atoms with van der Waals surface area (Å²) in [5.74, 6) is -3.37. The predicted molar refractivity (Wildman–Crippen MR) is 221 cm³/mol. The third-order valence-electron chi connectivity index (χ3n) is 12.6. The Morgan fingerprint density at radius 3 is 2.15 bits per heavy atom. The number of urea groups is 1. The number of hydrogen-bond acceptors (Lipinski definition) is 10. The maximum Gasteiger partial charge on any atom is 0.322 e. The van der Waals surface area contributed by atoms with Crippen molar-refractivity contribution in [3.63, 3.8) is 0 Å². The smallest absolute Gasteiger partial charge is 0.322 e. The fraction of sp³-hybridized carbons (Fsp3) is 0.442. The third kappa shape index (κ3) is 7.95. The van der Waals surface area contributed by atoms with Gasteiger partial charge < -0.3 is 24.9 Å². The van der Waals surface area contributed by atoms with Gasteiger partial charge in [0, 0.05) is 94.5 Å². The van der Waals surface area contributed by atoms with Crippen molar-refractivity contribution < 1.29 is 32.8 Å². The Hall–Kier alpha value is -5.79. The predicted octanol–water partition coefficient (Wildman–Crippen LogP) is 5.06. The van der Waals surface area contributed by atoms with Crippen LogP contribution in [0.15, 0.2) is 48.5 Å². The molecule has 6 amide bonds. The van der Waals surface area contributed by atoms with E-state index in [1.807, 2.05) is 30.9 Å². The van der Waals surface area contributed by atoms with E-state index in [-0.39, 0.29) is 36.1 Å². The number of hydrogen-bond donors (Lipinski definition) is 2. The Bertz CT molecular complexity index is 2270. The van der Waals surface area contributed by atoms with Gasteiger partial charge in [0.2, 0.25) is 11.8 Å². The van der Waals surface area contributed by atoms with Gasteiger partial charge in [-0.15, -0.1) is 0 Å². The molecule has 0 aromatic heterocycles. The molecule has 0 saturated carbocycles. The van der Waals surface area contributed by atoms with Gasteiger partial charge in [0.25, 0.3) is 11.8 Å². The SMILES string of the molecule is C[C@@H]1CN(c2ccc(C#N)c(Cl)c2)[C@@H](C)CN1C(=O)Nc1c(F)cc(N2CCC(CN3CCN(c4ccc5c(c4)C(=O)N([C@@H]4CCC(=O)NC4=O)C5=O)CC3)CC2)cc1F. The van der Waals surface area contributed by atoms with Gasteiger partial charge >= 0.3 is 6.03 Å². The Labute approximate surface area is 351 Å². The number of piperazine rings is 2. The van der Waals surface area contributed by atoms with Crippen molar-refractivity contribution in [3.8, 4) is 6.07 Å². The summed E-state index contributed by atoms with van der Waals surface area (Å²) in [4.78, 5) is 75.1. The molecule has 5 heterocycles. The minimum atomic E-state index is -1.01. The van der Waals surface area contributed by atoms with Crippen LogP contribution in [0.2, 0.25) is 5.02 Å². The summed E-state index contributed by atoms with van der Waals surface area (Å²) in [6.45, 7) is 9.80. The number of piperidine rings is 2. The number of nitrogens with one attached hydrogen (secondary N) is 2. The Morgan fingerprint density at radius 2 is 1.48 bits per heavy atom. The standard InChI is InChI=1S/C43H46ClF2N9O5/c1-25-23-54(26(2)22-53(25)30-4-3-28(21-47)34(44)18-30)43(60)49-39-35(45)19-31(20-36(39)46)51-11-9-27(10-12-51)24-50-13-15-52(16-14-50)29-5-6-32-33(17-29)42(59)55(41(32)58)37-7-8-38(56)48-40(37)57/h3-6,17-20,25-27,37H,7-16,22-24H2,1-2H3,(H,49,60)(H,48,56,57)/t25-,26+,37+/m0/s1. The van der Waals surface area contributed by atoms with Crippen LogP contribution in [0.3, 0.4) is 0 Å². The van der Waals surface area contributed by atoms with Crippen LogP contribution in [-0.2, 0) is 9.59 Å². The Kier molecular flexibility index (Phi) is 11.4. The highest BCUT2D eigenvalue weighted by atomic mass is 35.5. The van der Waals surface area contributed by atoms with E-state index in [9.17, 15) is 29.2 Å². The quantitative estimate of drug-likeness (QED) is 0.309. The van der Waals surface area contributed by atoms with Crippen LogP contribution < -0.4 is 25.3 Å². The molecule has 8 rings (SSSR count). The topological polar surface area (TPSA) is 153 Å². The summed E-state index contributed by atoms with van der Waals surface area (Å²) in [6, 6.07) is 13.0. The average molecular weight is 842 g/mol. The summed E-state index contributed by atoms with van der Waals surface area (Å²) in [5.41, 5.74) is 2.50. The van der Waals surface area contributed by atoms with Crippen LogP contribution in [0.5, 0.6) is 0 Å². The van der Waals surface area contributed by atoms with Crippen LogP contribution in [0, 0.1) is 28.9 Å². The second kappa shape index (κ2) is 16.7. The van der Waals surface area contributed by atoms with Gasteiger partial charge in [-0.1, -0.05) is 11.6 Å². The van der Waals surface area contributed by atoms with Crippen molar-refractivity contribution in [1.29, 1.82) is 5.26 Å². The van der Waals surface area contributed by atoms with Crippen molar-refractivity contribution in [1.82, 2.24) is 20.0 Å². The summed E-state index contributed by atoms with van der Waals surface area (Å²) >= 11 is 6.27. The molecule has 3 aromatic carbocycles. The molecule has 0 radical (unpaired) electrons. The first kappa shape index (κ1) is 41.0. The number of rotatable bonds is 7. The lowest BCUT2D eigenvalue weighted by Gasteiger charge is -2.45. The molecular formula is C43H46ClF2N9O5. The molecule has 14 nitrogen and oxygen atoms in total. The van der Waals surface area contributed by atoms with Crippen molar-refractivity contribution >= 4 is 64.0 Å². The molecule has 2 N–H and O–H groups in total.